The number of thiol groups is 1. The van der Waals surface area contributed by atoms with Gasteiger partial charge in [0.1, 0.15) is 0 Å². The van der Waals surface area contributed by atoms with E-state index < -0.39 is 0 Å². The van der Waals surface area contributed by atoms with Crippen LogP contribution in [0, 0.1) is 5.41 Å². The fourth-order valence-electron chi connectivity index (χ4n) is 1.16. The van der Waals surface area contributed by atoms with Crippen LogP contribution in [0.3, 0.4) is 0 Å². The van der Waals surface area contributed by atoms with Gasteiger partial charge in [-0.3, -0.25) is 0 Å². The number of allylic oxidation sites excluding steroid dienone is 2. The van der Waals surface area contributed by atoms with Gasteiger partial charge in [0.25, 0.3) is 0 Å². The molecule has 0 bridgehead atoms. The average molecular weight is 142 g/mol. The fourth-order valence-corrected chi connectivity index (χ4v) is 1.45. The van der Waals surface area contributed by atoms with Crippen molar-refractivity contribution in [1.29, 1.82) is 0 Å². The van der Waals surface area contributed by atoms with Gasteiger partial charge in [0, 0.05) is 0 Å². The summed E-state index contributed by atoms with van der Waals surface area (Å²) in [4.78, 5) is 0. The van der Waals surface area contributed by atoms with Crippen molar-refractivity contribution in [2.24, 2.45) is 5.41 Å². The molecule has 52 valence electrons. The molecule has 1 rings (SSSR count). The highest BCUT2D eigenvalue weighted by atomic mass is 32.1. The van der Waals surface area contributed by atoms with Gasteiger partial charge in [-0.2, -0.15) is 12.6 Å². The molecule has 0 spiro atoms. The van der Waals surface area contributed by atoms with E-state index in [0.29, 0.717) is 5.41 Å². The Balaban J connectivity index is 2.50. The second kappa shape index (κ2) is 2.78. The van der Waals surface area contributed by atoms with Crippen LogP contribution in [0.25, 0.3) is 0 Å². The fraction of sp³-hybridized carbons (Fsp3) is 0.750. The van der Waals surface area contributed by atoms with Crippen molar-refractivity contribution in [3.05, 3.63) is 12.2 Å². The van der Waals surface area contributed by atoms with Crippen molar-refractivity contribution in [1.82, 2.24) is 0 Å². The molecule has 0 saturated carbocycles. The van der Waals surface area contributed by atoms with Crippen LogP contribution in [-0.4, -0.2) is 5.75 Å². The predicted octanol–water partition coefficient (Wildman–Crippen LogP) is 2.66. The molecule has 0 aliphatic heterocycles. The number of hydrogen-bond donors (Lipinski definition) is 1. The summed E-state index contributed by atoms with van der Waals surface area (Å²) < 4.78 is 0. The molecule has 0 radical (unpaired) electrons. The van der Waals surface area contributed by atoms with E-state index >= 15 is 0 Å². The standard InChI is InChI=1S/C8H14S/c1-8(7-9)5-3-2-4-6-8/h2-3,9H,4-7H2,1H3. The van der Waals surface area contributed by atoms with Crippen molar-refractivity contribution < 1.29 is 0 Å². The molecule has 0 fully saturated rings. The first-order chi connectivity index (χ1) is 4.27. The maximum Gasteiger partial charge on any atom is -0.00407 e. The lowest BCUT2D eigenvalue weighted by Crippen LogP contribution is -2.19. The van der Waals surface area contributed by atoms with Crippen molar-refractivity contribution in [2.45, 2.75) is 26.2 Å². The van der Waals surface area contributed by atoms with Crippen LogP contribution in [0.1, 0.15) is 26.2 Å². The minimum Gasteiger partial charge on any atom is -0.179 e. The molecule has 1 unspecified atom stereocenters. The third-order valence-corrected chi connectivity index (χ3v) is 2.84. The first-order valence-corrected chi connectivity index (χ1v) is 4.16. The highest BCUT2D eigenvalue weighted by molar-refractivity contribution is 7.80. The first kappa shape index (κ1) is 7.20. The largest absolute Gasteiger partial charge is 0.179 e. The van der Waals surface area contributed by atoms with Crippen molar-refractivity contribution in [3.8, 4) is 0 Å². The van der Waals surface area contributed by atoms with Gasteiger partial charge in [-0.05, 0) is 30.4 Å². The molecule has 0 aromatic heterocycles. The molecule has 0 nitrogen and oxygen atoms in total. The molecule has 1 aliphatic rings. The van der Waals surface area contributed by atoms with Crippen LogP contribution in [0.15, 0.2) is 12.2 Å². The Labute approximate surface area is 62.8 Å². The molecular weight excluding hydrogens is 128 g/mol. The van der Waals surface area contributed by atoms with E-state index in [2.05, 4.69) is 31.7 Å². The summed E-state index contributed by atoms with van der Waals surface area (Å²) in [7, 11) is 0. The van der Waals surface area contributed by atoms with Crippen LogP contribution in [0.5, 0.6) is 0 Å². The Morgan fingerprint density at radius 2 is 2.33 bits per heavy atom. The molecule has 9 heavy (non-hydrogen) atoms. The molecule has 0 aromatic carbocycles. The van der Waals surface area contributed by atoms with E-state index in [1.165, 1.54) is 19.3 Å². The van der Waals surface area contributed by atoms with Gasteiger partial charge < -0.3 is 0 Å². The molecule has 0 aromatic rings. The van der Waals surface area contributed by atoms with Gasteiger partial charge in [-0.25, -0.2) is 0 Å². The van der Waals surface area contributed by atoms with Crippen molar-refractivity contribution in [2.75, 3.05) is 5.75 Å². The highest BCUT2D eigenvalue weighted by Gasteiger charge is 2.21. The third-order valence-electron chi connectivity index (χ3n) is 2.07. The van der Waals surface area contributed by atoms with Crippen LogP contribution < -0.4 is 0 Å². The summed E-state index contributed by atoms with van der Waals surface area (Å²) >= 11 is 4.32. The number of hydrogen-bond acceptors (Lipinski definition) is 1. The molecule has 1 atom stereocenters. The molecular formula is C8H14S. The highest BCUT2D eigenvalue weighted by Crippen LogP contribution is 2.32. The van der Waals surface area contributed by atoms with E-state index in [1.54, 1.807) is 0 Å². The van der Waals surface area contributed by atoms with E-state index in [1.807, 2.05) is 0 Å². The third kappa shape index (κ3) is 1.75. The Hall–Kier alpha value is 0.0900. The zero-order valence-corrected chi connectivity index (χ0v) is 6.82. The average Bonchev–Trinajstić information content (AvgIpc) is 1.90. The summed E-state index contributed by atoms with van der Waals surface area (Å²) in [5, 5.41) is 0. The van der Waals surface area contributed by atoms with Gasteiger partial charge >= 0.3 is 0 Å². The summed E-state index contributed by atoms with van der Waals surface area (Å²) in [5.41, 5.74) is 0.498. The Bertz CT molecular complexity index is 118. The maximum absolute atomic E-state index is 4.32. The molecule has 0 heterocycles. The quantitative estimate of drug-likeness (QED) is 0.422. The predicted molar refractivity (Wildman–Crippen MR) is 45.0 cm³/mol. The normalized spacial score (nSPS) is 34.9. The topological polar surface area (TPSA) is 0 Å². The zero-order valence-electron chi connectivity index (χ0n) is 5.93. The molecule has 1 aliphatic carbocycles. The van der Waals surface area contributed by atoms with Crippen LogP contribution in [-0.2, 0) is 0 Å². The van der Waals surface area contributed by atoms with E-state index in [-0.39, 0.29) is 0 Å². The summed E-state index contributed by atoms with van der Waals surface area (Å²) in [6, 6.07) is 0. The minimum absolute atomic E-state index is 0.498. The second-order valence-electron chi connectivity index (χ2n) is 3.18. The van der Waals surface area contributed by atoms with Gasteiger partial charge in [0.15, 0.2) is 0 Å². The summed E-state index contributed by atoms with van der Waals surface area (Å²) in [6.07, 6.45) is 8.32. The van der Waals surface area contributed by atoms with Crippen LogP contribution in [0.4, 0.5) is 0 Å². The second-order valence-corrected chi connectivity index (χ2v) is 3.50. The minimum atomic E-state index is 0.498. The van der Waals surface area contributed by atoms with Gasteiger partial charge in [-0.15, -0.1) is 0 Å². The number of rotatable bonds is 1. The lowest BCUT2D eigenvalue weighted by atomic mass is 9.81. The smallest absolute Gasteiger partial charge is 0.00407 e. The molecule has 1 heteroatoms. The van der Waals surface area contributed by atoms with Crippen molar-refractivity contribution in [3.63, 3.8) is 0 Å². The zero-order chi connectivity index (χ0) is 6.74. The van der Waals surface area contributed by atoms with Crippen molar-refractivity contribution >= 4 is 12.6 Å². The summed E-state index contributed by atoms with van der Waals surface area (Å²) in [5.74, 6) is 1.03. The van der Waals surface area contributed by atoms with E-state index in [0.717, 1.165) is 5.75 Å². The monoisotopic (exact) mass is 142 g/mol. The van der Waals surface area contributed by atoms with Gasteiger partial charge in [0.05, 0.1) is 0 Å². The lowest BCUT2D eigenvalue weighted by molar-refractivity contribution is 0.340. The Morgan fingerprint density at radius 1 is 1.56 bits per heavy atom. The first-order valence-electron chi connectivity index (χ1n) is 3.53. The van der Waals surface area contributed by atoms with E-state index in [4.69, 9.17) is 0 Å². The maximum atomic E-state index is 4.32. The molecule has 0 amide bonds. The van der Waals surface area contributed by atoms with Crippen LogP contribution >= 0.6 is 12.6 Å². The van der Waals surface area contributed by atoms with Gasteiger partial charge in [0.2, 0.25) is 0 Å². The van der Waals surface area contributed by atoms with Gasteiger partial charge in [-0.1, -0.05) is 19.1 Å². The Morgan fingerprint density at radius 3 is 2.67 bits per heavy atom. The molecule has 0 saturated heterocycles. The Kier molecular flexibility index (Phi) is 2.23. The molecule has 0 N–H and O–H groups in total. The van der Waals surface area contributed by atoms with E-state index in [9.17, 15) is 0 Å². The SMILES string of the molecule is CC1(CS)CC=CCC1. The van der Waals surface area contributed by atoms with Crippen LogP contribution in [0.2, 0.25) is 0 Å². The lowest BCUT2D eigenvalue weighted by Gasteiger charge is -2.28. The summed E-state index contributed by atoms with van der Waals surface area (Å²) in [6.45, 7) is 2.31.